The van der Waals surface area contributed by atoms with Crippen molar-refractivity contribution in [1.29, 1.82) is 0 Å². The van der Waals surface area contributed by atoms with E-state index in [2.05, 4.69) is 10.3 Å². The number of piperidine rings is 1. The molecule has 2 heterocycles. The van der Waals surface area contributed by atoms with Crippen molar-refractivity contribution in [2.75, 3.05) is 18.8 Å². The molecule has 0 aromatic carbocycles. The number of rotatable bonds is 4. The van der Waals surface area contributed by atoms with E-state index < -0.39 is 9.84 Å². The Morgan fingerprint density at radius 1 is 1.47 bits per heavy atom. The highest BCUT2D eigenvalue weighted by Gasteiger charge is 2.21. The van der Waals surface area contributed by atoms with Crippen LogP contribution in [0.1, 0.15) is 18.4 Å². The van der Waals surface area contributed by atoms with Crippen LogP contribution < -0.4 is 5.32 Å². The first-order chi connectivity index (χ1) is 8.16. The second-order valence-corrected chi connectivity index (χ2v) is 6.74. The van der Waals surface area contributed by atoms with Gasteiger partial charge in [0.15, 0.2) is 9.84 Å². The average Bonchev–Trinajstić information content (AvgIpc) is 2.30. The van der Waals surface area contributed by atoms with Gasteiger partial charge in [0, 0.05) is 12.4 Å². The standard InChI is InChI=1S/C12H18N2O2S/c15-17(16,9-11-3-1-5-13-7-11)10-12-4-2-6-14-8-12/h1,3,5,7,12,14H,2,4,6,8-10H2/t12-/m1/s1. The summed E-state index contributed by atoms with van der Waals surface area (Å²) in [6.45, 7) is 1.84. The molecular formula is C12H18N2O2S. The van der Waals surface area contributed by atoms with Crippen LogP contribution in [0.2, 0.25) is 0 Å². The SMILES string of the molecule is O=S(=O)(Cc1cccnc1)C[C@@H]1CCCNC1. The lowest BCUT2D eigenvalue weighted by Crippen LogP contribution is -2.34. The van der Waals surface area contributed by atoms with Crippen LogP contribution in [0.3, 0.4) is 0 Å². The smallest absolute Gasteiger partial charge is 0.154 e. The van der Waals surface area contributed by atoms with Crippen molar-refractivity contribution in [3.63, 3.8) is 0 Å². The molecule has 1 N–H and O–H groups in total. The van der Waals surface area contributed by atoms with Gasteiger partial charge in [-0.05, 0) is 43.5 Å². The minimum atomic E-state index is -3.01. The van der Waals surface area contributed by atoms with E-state index in [0.717, 1.165) is 31.5 Å². The summed E-state index contributed by atoms with van der Waals surface area (Å²) in [7, 11) is -3.01. The maximum Gasteiger partial charge on any atom is 0.154 e. The largest absolute Gasteiger partial charge is 0.316 e. The molecule has 1 fully saturated rings. The van der Waals surface area contributed by atoms with E-state index in [-0.39, 0.29) is 17.4 Å². The average molecular weight is 254 g/mol. The number of nitrogens with one attached hydrogen (secondary N) is 1. The Morgan fingerprint density at radius 2 is 2.35 bits per heavy atom. The number of aromatic nitrogens is 1. The van der Waals surface area contributed by atoms with Gasteiger partial charge in [0.25, 0.3) is 0 Å². The highest BCUT2D eigenvalue weighted by atomic mass is 32.2. The lowest BCUT2D eigenvalue weighted by atomic mass is 10.0. The third kappa shape index (κ3) is 4.09. The molecule has 0 radical (unpaired) electrons. The molecule has 1 aliphatic rings. The summed E-state index contributed by atoms with van der Waals surface area (Å²) in [5.41, 5.74) is 0.774. The van der Waals surface area contributed by atoms with E-state index >= 15 is 0 Å². The van der Waals surface area contributed by atoms with Gasteiger partial charge in [-0.2, -0.15) is 0 Å². The molecule has 0 unspecified atom stereocenters. The number of hydrogen-bond acceptors (Lipinski definition) is 4. The number of sulfone groups is 1. The van der Waals surface area contributed by atoms with Gasteiger partial charge in [0.2, 0.25) is 0 Å². The zero-order valence-electron chi connectivity index (χ0n) is 9.80. The molecule has 0 bridgehead atoms. The normalized spacial score (nSPS) is 21.3. The Hall–Kier alpha value is -0.940. The first-order valence-corrected chi connectivity index (χ1v) is 7.78. The summed E-state index contributed by atoms with van der Waals surface area (Å²) >= 11 is 0. The Balaban J connectivity index is 1.94. The maximum atomic E-state index is 12.0. The molecule has 1 aromatic heterocycles. The number of pyridine rings is 1. The molecular weight excluding hydrogens is 236 g/mol. The van der Waals surface area contributed by atoms with Crippen LogP contribution in [-0.4, -0.2) is 32.2 Å². The number of hydrogen-bond donors (Lipinski definition) is 1. The summed E-state index contributed by atoms with van der Waals surface area (Å²) in [6, 6.07) is 3.58. The predicted molar refractivity (Wildman–Crippen MR) is 67.3 cm³/mol. The van der Waals surface area contributed by atoms with Crippen LogP contribution in [0.25, 0.3) is 0 Å². The van der Waals surface area contributed by atoms with Crippen molar-refractivity contribution in [1.82, 2.24) is 10.3 Å². The quantitative estimate of drug-likeness (QED) is 0.870. The summed E-state index contributed by atoms with van der Waals surface area (Å²) in [4.78, 5) is 3.94. The molecule has 0 saturated carbocycles. The first-order valence-electron chi connectivity index (χ1n) is 5.96. The van der Waals surface area contributed by atoms with Gasteiger partial charge < -0.3 is 5.32 Å². The van der Waals surface area contributed by atoms with Gasteiger partial charge in [-0.3, -0.25) is 4.98 Å². The fourth-order valence-corrected chi connectivity index (χ4v) is 4.02. The lowest BCUT2D eigenvalue weighted by molar-refractivity contribution is 0.404. The summed E-state index contributed by atoms with van der Waals surface area (Å²) in [5.74, 6) is 0.664. The van der Waals surface area contributed by atoms with Gasteiger partial charge in [0.05, 0.1) is 11.5 Å². The topological polar surface area (TPSA) is 59.1 Å². The molecule has 1 atom stereocenters. The van der Waals surface area contributed by atoms with Gasteiger partial charge >= 0.3 is 0 Å². The minimum absolute atomic E-state index is 0.108. The van der Waals surface area contributed by atoms with Gasteiger partial charge in [-0.1, -0.05) is 6.07 Å². The third-order valence-corrected chi connectivity index (χ3v) is 4.75. The van der Waals surface area contributed by atoms with Gasteiger partial charge in [0.1, 0.15) is 0 Å². The van der Waals surface area contributed by atoms with Crippen LogP contribution in [0.15, 0.2) is 24.5 Å². The van der Waals surface area contributed by atoms with Crippen molar-refractivity contribution < 1.29 is 8.42 Å². The summed E-state index contributed by atoms with van der Waals surface area (Å²) in [6.07, 6.45) is 5.37. The van der Waals surface area contributed by atoms with Crippen LogP contribution in [0, 0.1) is 5.92 Å². The fraction of sp³-hybridized carbons (Fsp3) is 0.583. The van der Waals surface area contributed by atoms with Gasteiger partial charge in [-0.25, -0.2) is 8.42 Å². The molecule has 1 aliphatic heterocycles. The summed E-state index contributed by atoms with van der Waals surface area (Å²) in [5, 5.41) is 3.24. The van der Waals surface area contributed by atoms with Crippen molar-refractivity contribution in [3.8, 4) is 0 Å². The molecule has 4 nitrogen and oxygen atoms in total. The van der Waals surface area contributed by atoms with Crippen molar-refractivity contribution in [2.24, 2.45) is 5.92 Å². The third-order valence-electron chi connectivity index (χ3n) is 3.00. The first kappa shape index (κ1) is 12.5. The van der Waals surface area contributed by atoms with Gasteiger partial charge in [-0.15, -0.1) is 0 Å². The van der Waals surface area contributed by atoms with E-state index in [4.69, 9.17) is 0 Å². The van der Waals surface area contributed by atoms with Crippen LogP contribution >= 0.6 is 0 Å². The lowest BCUT2D eigenvalue weighted by Gasteiger charge is -2.22. The Morgan fingerprint density at radius 3 is 3.00 bits per heavy atom. The fourth-order valence-electron chi connectivity index (χ4n) is 2.22. The van der Waals surface area contributed by atoms with Crippen molar-refractivity contribution >= 4 is 9.84 Å². The molecule has 2 rings (SSSR count). The zero-order chi connectivity index (χ0) is 12.1. The monoisotopic (exact) mass is 254 g/mol. The maximum absolute atomic E-state index is 12.0. The molecule has 17 heavy (non-hydrogen) atoms. The van der Waals surface area contributed by atoms with E-state index in [1.807, 2.05) is 6.07 Å². The molecule has 0 amide bonds. The number of nitrogens with zero attached hydrogens (tertiary/aromatic N) is 1. The van der Waals surface area contributed by atoms with Crippen LogP contribution in [0.5, 0.6) is 0 Å². The Bertz CT molecular complexity index is 439. The molecule has 0 aliphatic carbocycles. The predicted octanol–water partition coefficient (Wildman–Crippen LogP) is 0.996. The minimum Gasteiger partial charge on any atom is -0.316 e. The molecule has 1 aromatic rings. The second-order valence-electron chi connectivity index (χ2n) is 4.63. The highest BCUT2D eigenvalue weighted by Crippen LogP contribution is 2.15. The van der Waals surface area contributed by atoms with E-state index in [0.29, 0.717) is 0 Å². The molecule has 5 heteroatoms. The summed E-state index contributed by atoms with van der Waals surface area (Å²) < 4.78 is 24.0. The Labute approximate surface area is 102 Å². The van der Waals surface area contributed by atoms with E-state index in [9.17, 15) is 8.42 Å². The zero-order valence-corrected chi connectivity index (χ0v) is 10.6. The van der Waals surface area contributed by atoms with Crippen LogP contribution in [0.4, 0.5) is 0 Å². The Kier molecular flexibility index (Phi) is 4.12. The van der Waals surface area contributed by atoms with Crippen molar-refractivity contribution in [3.05, 3.63) is 30.1 Å². The molecule has 1 saturated heterocycles. The highest BCUT2D eigenvalue weighted by molar-refractivity contribution is 7.90. The van der Waals surface area contributed by atoms with E-state index in [1.165, 1.54) is 0 Å². The second kappa shape index (κ2) is 5.60. The van der Waals surface area contributed by atoms with Crippen molar-refractivity contribution in [2.45, 2.75) is 18.6 Å². The van der Waals surface area contributed by atoms with E-state index in [1.54, 1.807) is 18.5 Å². The van der Waals surface area contributed by atoms with Crippen LogP contribution in [-0.2, 0) is 15.6 Å². The molecule has 94 valence electrons. The molecule has 0 spiro atoms.